The summed E-state index contributed by atoms with van der Waals surface area (Å²) < 4.78 is 7.12. The Balaban J connectivity index is 1.48. The van der Waals surface area contributed by atoms with Gasteiger partial charge in [-0.1, -0.05) is 24.3 Å². The minimum absolute atomic E-state index is 0.0772. The van der Waals surface area contributed by atoms with Crippen LogP contribution in [0.1, 0.15) is 34.1 Å². The number of aromatic nitrogens is 2. The predicted molar refractivity (Wildman–Crippen MR) is 96.1 cm³/mol. The largest absolute Gasteiger partial charge is 0.453 e. The van der Waals surface area contributed by atoms with Crippen LogP contribution in [0.2, 0.25) is 0 Å². The van der Waals surface area contributed by atoms with Crippen LogP contribution in [0.5, 0.6) is 0 Å². The molecule has 0 aliphatic carbocycles. The smallest absolute Gasteiger partial charge is 0.339 e. The number of hydrogen-bond donors (Lipinski definition) is 1. The van der Waals surface area contributed by atoms with E-state index in [-0.39, 0.29) is 18.3 Å². The van der Waals surface area contributed by atoms with Crippen molar-refractivity contribution in [3.8, 4) is 5.69 Å². The highest BCUT2D eigenvalue weighted by molar-refractivity contribution is 5.96. The molecule has 0 saturated heterocycles. The number of nitrogens with one attached hydrogen (secondary N) is 1. The molecule has 6 nitrogen and oxygen atoms in total. The molecule has 26 heavy (non-hydrogen) atoms. The van der Waals surface area contributed by atoms with Crippen LogP contribution in [-0.2, 0) is 9.53 Å². The van der Waals surface area contributed by atoms with Crippen LogP contribution in [-0.4, -0.2) is 21.7 Å². The van der Waals surface area contributed by atoms with Crippen molar-refractivity contribution in [1.29, 1.82) is 0 Å². The van der Waals surface area contributed by atoms with E-state index in [1.165, 1.54) is 0 Å². The third-order valence-corrected chi connectivity index (χ3v) is 4.35. The first kappa shape index (κ1) is 16.1. The molecule has 1 aliphatic heterocycles. The van der Waals surface area contributed by atoms with Gasteiger partial charge in [0.2, 0.25) is 5.91 Å². The number of nitrogens with zero attached hydrogens (tertiary/aromatic N) is 2. The van der Waals surface area contributed by atoms with Gasteiger partial charge in [-0.05, 0) is 37.3 Å². The van der Waals surface area contributed by atoms with Gasteiger partial charge >= 0.3 is 5.97 Å². The maximum Gasteiger partial charge on any atom is 0.339 e. The van der Waals surface area contributed by atoms with E-state index in [2.05, 4.69) is 10.4 Å². The van der Waals surface area contributed by atoms with E-state index < -0.39 is 6.10 Å². The van der Waals surface area contributed by atoms with Crippen molar-refractivity contribution in [3.63, 3.8) is 0 Å². The zero-order valence-corrected chi connectivity index (χ0v) is 14.2. The summed E-state index contributed by atoms with van der Waals surface area (Å²) in [4.78, 5) is 24.3. The Morgan fingerprint density at radius 2 is 2.04 bits per heavy atom. The molecule has 2 aromatic carbocycles. The Kier molecular flexibility index (Phi) is 4.01. The van der Waals surface area contributed by atoms with Crippen LogP contribution in [0.3, 0.4) is 0 Å². The van der Waals surface area contributed by atoms with Crippen LogP contribution in [0.4, 0.5) is 5.69 Å². The summed E-state index contributed by atoms with van der Waals surface area (Å²) in [6.45, 7) is 1.96. The second-order valence-corrected chi connectivity index (χ2v) is 6.17. The highest BCUT2D eigenvalue weighted by Gasteiger charge is 2.32. The van der Waals surface area contributed by atoms with Gasteiger partial charge in [-0.3, -0.25) is 4.79 Å². The number of aryl methyl sites for hydroxylation is 1. The highest BCUT2D eigenvalue weighted by atomic mass is 16.5. The number of benzene rings is 2. The van der Waals surface area contributed by atoms with E-state index in [0.29, 0.717) is 11.3 Å². The minimum Gasteiger partial charge on any atom is -0.453 e. The van der Waals surface area contributed by atoms with E-state index in [9.17, 15) is 9.59 Å². The molecule has 4 rings (SSSR count). The van der Waals surface area contributed by atoms with Crippen LogP contribution in [0.25, 0.3) is 5.69 Å². The van der Waals surface area contributed by atoms with Crippen LogP contribution in [0, 0.1) is 6.92 Å². The molecule has 1 amide bonds. The average molecular weight is 347 g/mol. The van der Waals surface area contributed by atoms with Gasteiger partial charge in [0.15, 0.2) is 0 Å². The molecular formula is C20H17N3O3. The van der Waals surface area contributed by atoms with Gasteiger partial charge in [0.25, 0.3) is 0 Å². The maximum absolute atomic E-state index is 12.4. The Morgan fingerprint density at radius 1 is 1.19 bits per heavy atom. The molecular weight excluding hydrogens is 330 g/mol. The average Bonchev–Trinajstić information content (AvgIpc) is 3.19. The van der Waals surface area contributed by atoms with Crippen molar-refractivity contribution in [3.05, 3.63) is 77.6 Å². The van der Waals surface area contributed by atoms with Crippen molar-refractivity contribution < 1.29 is 14.3 Å². The van der Waals surface area contributed by atoms with Crippen molar-refractivity contribution >= 4 is 17.6 Å². The zero-order chi connectivity index (χ0) is 18.1. The summed E-state index contributed by atoms with van der Waals surface area (Å²) in [5.74, 6) is -0.594. The Hall–Kier alpha value is -3.41. The van der Waals surface area contributed by atoms with Gasteiger partial charge in [-0.2, -0.15) is 5.10 Å². The number of fused-ring (bicyclic) bond motifs is 1. The number of rotatable bonds is 4. The van der Waals surface area contributed by atoms with Crippen LogP contribution >= 0.6 is 0 Å². The topological polar surface area (TPSA) is 73.2 Å². The molecule has 1 unspecified atom stereocenters. The summed E-state index contributed by atoms with van der Waals surface area (Å²) in [5, 5.41) is 7.13. The second-order valence-electron chi connectivity index (χ2n) is 6.17. The lowest BCUT2D eigenvalue weighted by Gasteiger charge is -2.12. The van der Waals surface area contributed by atoms with Gasteiger partial charge < -0.3 is 10.1 Å². The summed E-state index contributed by atoms with van der Waals surface area (Å²) in [6, 6.07) is 16.5. The molecule has 0 fully saturated rings. The van der Waals surface area contributed by atoms with Gasteiger partial charge in [0.05, 0.1) is 17.7 Å². The molecule has 0 saturated carbocycles. The van der Waals surface area contributed by atoms with Gasteiger partial charge in [0, 0.05) is 23.1 Å². The zero-order valence-electron chi connectivity index (χ0n) is 14.2. The third kappa shape index (κ3) is 2.97. The molecule has 1 atom stereocenters. The first-order valence-corrected chi connectivity index (χ1v) is 8.32. The van der Waals surface area contributed by atoms with Gasteiger partial charge in [0.1, 0.15) is 6.10 Å². The number of carbonyl (C=O) groups is 2. The van der Waals surface area contributed by atoms with E-state index >= 15 is 0 Å². The number of carbonyl (C=O) groups excluding carboxylic acids is 2. The SMILES string of the molecule is Cc1ccnn1-c1cccc(NC(=O)CC2OC(=O)c3ccccc32)c1. The van der Waals surface area contributed by atoms with E-state index in [0.717, 1.165) is 16.9 Å². The molecule has 1 N–H and O–H groups in total. The number of ether oxygens (including phenoxy) is 1. The van der Waals surface area contributed by atoms with Crippen molar-refractivity contribution in [2.24, 2.45) is 0 Å². The fourth-order valence-electron chi connectivity index (χ4n) is 3.11. The molecule has 0 spiro atoms. The lowest BCUT2D eigenvalue weighted by Crippen LogP contribution is -2.16. The first-order chi connectivity index (χ1) is 12.6. The quantitative estimate of drug-likeness (QED) is 0.734. The van der Waals surface area contributed by atoms with Gasteiger partial charge in [-0.25, -0.2) is 9.48 Å². The van der Waals surface area contributed by atoms with Crippen LogP contribution < -0.4 is 5.32 Å². The summed E-state index contributed by atoms with van der Waals surface area (Å²) in [6.07, 6.45) is 1.26. The lowest BCUT2D eigenvalue weighted by atomic mass is 10.0. The number of cyclic esters (lactones) is 1. The first-order valence-electron chi connectivity index (χ1n) is 8.32. The minimum atomic E-state index is -0.546. The molecule has 1 aliphatic rings. The summed E-state index contributed by atoms with van der Waals surface area (Å²) in [5.41, 5.74) is 3.82. The van der Waals surface area contributed by atoms with Gasteiger partial charge in [-0.15, -0.1) is 0 Å². The molecule has 1 aromatic heterocycles. The third-order valence-electron chi connectivity index (χ3n) is 4.35. The molecule has 0 bridgehead atoms. The standard InChI is InChI=1S/C20H17N3O3/c1-13-9-10-21-23(13)15-6-4-5-14(11-15)22-19(24)12-18-16-7-2-3-8-17(16)20(25)26-18/h2-11,18H,12H2,1H3,(H,22,24). The number of anilines is 1. The van der Waals surface area contributed by atoms with E-state index in [4.69, 9.17) is 4.74 Å². The van der Waals surface area contributed by atoms with Crippen molar-refractivity contribution in [2.45, 2.75) is 19.4 Å². The van der Waals surface area contributed by atoms with E-state index in [1.54, 1.807) is 23.0 Å². The Morgan fingerprint density at radius 3 is 2.85 bits per heavy atom. The normalized spacial score (nSPS) is 15.4. The van der Waals surface area contributed by atoms with Crippen molar-refractivity contribution in [1.82, 2.24) is 9.78 Å². The fraction of sp³-hybridized carbons (Fsp3) is 0.150. The molecule has 130 valence electrons. The number of amides is 1. The number of esters is 1. The van der Waals surface area contributed by atoms with Crippen LogP contribution in [0.15, 0.2) is 60.8 Å². The lowest BCUT2D eigenvalue weighted by molar-refractivity contribution is -0.118. The highest BCUT2D eigenvalue weighted by Crippen LogP contribution is 2.33. The molecule has 6 heteroatoms. The second kappa shape index (κ2) is 6.48. The monoisotopic (exact) mass is 347 g/mol. The Bertz CT molecular complexity index is 993. The molecule has 0 radical (unpaired) electrons. The molecule has 2 heterocycles. The number of hydrogen-bond acceptors (Lipinski definition) is 4. The summed E-state index contributed by atoms with van der Waals surface area (Å²) >= 11 is 0. The van der Waals surface area contributed by atoms with E-state index in [1.807, 2.05) is 49.4 Å². The molecule has 3 aromatic rings. The van der Waals surface area contributed by atoms with Crippen molar-refractivity contribution in [2.75, 3.05) is 5.32 Å². The fourth-order valence-corrected chi connectivity index (χ4v) is 3.11. The Labute approximate surface area is 150 Å². The predicted octanol–water partition coefficient (Wildman–Crippen LogP) is 3.42. The maximum atomic E-state index is 12.4. The summed E-state index contributed by atoms with van der Waals surface area (Å²) in [7, 11) is 0.